The maximum Gasteiger partial charge on any atom is 0.329 e. The van der Waals surface area contributed by atoms with Gasteiger partial charge in [0, 0.05) is 38.6 Å². The number of carbonyl (C=O) groups excluding carboxylic acids is 1. The zero-order valence-corrected chi connectivity index (χ0v) is 21.7. The first kappa shape index (κ1) is 28.0. The molecule has 1 aliphatic heterocycles. The van der Waals surface area contributed by atoms with Gasteiger partial charge in [-0.05, 0) is 67.1 Å². The van der Waals surface area contributed by atoms with Crippen molar-refractivity contribution in [3.63, 3.8) is 0 Å². The molecule has 0 radical (unpaired) electrons. The van der Waals surface area contributed by atoms with E-state index in [1.807, 2.05) is 13.8 Å². The van der Waals surface area contributed by atoms with Crippen LogP contribution in [0, 0.1) is 17.6 Å². The molecule has 2 amide bonds. The molecule has 1 saturated heterocycles. The lowest BCUT2D eigenvalue weighted by molar-refractivity contribution is 0.184. The van der Waals surface area contributed by atoms with Crippen molar-refractivity contribution in [2.24, 2.45) is 5.92 Å². The minimum Gasteiger partial charge on any atom is -0.337 e. The molecule has 36 heavy (non-hydrogen) atoms. The van der Waals surface area contributed by atoms with E-state index in [9.17, 15) is 22.0 Å². The number of nitrogens with one attached hydrogen (secondary N) is 2. The van der Waals surface area contributed by atoms with Crippen molar-refractivity contribution in [2.75, 3.05) is 39.3 Å². The van der Waals surface area contributed by atoms with E-state index in [-0.39, 0.29) is 17.6 Å². The first-order chi connectivity index (χ1) is 17.1. The highest BCUT2D eigenvalue weighted by molar-refractivity contribution is 7.87. The molecule has 10 heteroatoms. The molecule has 1 heterocycles. The van der Waals surface area contributed by atoms with Crippen LogP contribution in [0.2, 0.25) is 0 Å². The van der Waals surface area contributed by atoms with Gasteiger partial charge in [-0.2, -0.15) is 12.7 Å². The van der Waals surface area contributed by atoms with Crippen molar-refractivity contribution in [3.8, 4) is 0 Å². The van der Waals surface area contributed by atoms with Gasteiger partial charge >= 0.3 is 16.2 Å². The number of benzene rings is 2. The number of hydrogen-bond donors (Lipinski definition) is 2. The molecule has 1 fully saturated rings. The van der Waals surface area contributed by atoms with Gasteiger partial charge in [0.2, 0.25) is 0 Å². The first-order valence-corrected chi connectivity index (χ1v) is 13.9. The molecule has 0 aromatic heterocycles. The van der Waals surface area contributed by atoms with Gasteiger partial charge in [-0.3, -0.25) is 0 Å². The Bertz CT molecular complexity index is 1030. The third kappa shape index (κ3) is 8.53. The summed E-state index contributed by atoms with van der Waals surface area (Å²) in [5.74, 6) is -0.179. The Labute approximate surface area is 213 Å². The number of amides is 2. The van der Waals surface area contributed by atoms with E-state index in [4.69, 9.17) is 0 Å². The fourth-order valence-electron chi connectivity index (χ4n) is 4.32. The van der Waals surface area contributed by atoms with E-state index in [2.05, 4.69) is 14.9 Å². The molecule has 0 spiro atoms. The lowest BCUT2D eigenvalue weighted by Gasteiger charge is -2.34. The van der Waals surface area contributed by atoms with Crippen molar-refractivity contribution >= 4 is 16.2 Å². The highest BCUT2D eigenvalue weighted by Gasteiger charge is 2.28. The summed E-state index contributed by atoms with van der Waals surface area (Å²) in [6.45, 7) is 6.98. The molecule has 0 atom stereocenters. The molecule has 7 nitrogen and oxygen atoms in total. The summed E-state index contributed by atoms with van der Waals surface area (Å²) in [4.78, 5) is 14.1. The summed E-state index contributed by atoms with van der Waals surface area (Å²) in [6, 6.07) is 12.1. The Morgan fingerprint density at radius 2 is 1.42 bits per heavy atom. The fourth-order valence-corrected chi connectivity index (χ4v) is 5.40. The Morgan fingerprint density at radius 3 is 1.92 bits per heavy atom. The zero-order valence-electron chi connectivity index (χ0n) is 20.9. The van der Waals surface area contributed by atoms with E-state index < -0.39 is 16.2 Å². The second kappa shape index (κ2) is 13.1. The Morgan fingerprint density at radius 1 is 0.889 bits per heavy atom. The third-order valence-electron chi connectivity index (χ3n) is 6.41. The van der Waals surface area contributed by atoms with Crippen LogP contribution < -0.4 is 10.0 Å². The molecule has 198 valence electrons. The number of nitrogens with zero attached hydrogens (tertiary/aromatic N) is 2. The molecular weight excluding hydrogens is 486 g/mol. The van der Waals surface area contributed by atoms with E-state index in [1.54, 1.807) is 24.3 Å². The molecule has 2 N–H and O–H groups in total. The Kier molecular flexibility index (Phi) is 10.2. The minimum atomic E-state index is -3.89. The van der Waals surface area contributed by atoms with Crippen LogP contribution in [0.5, 0.6) is 0 Å². The second-order valence-electron chi connectivity index (χ2n) is 9.58. The Balaban J connectivity index is 1.49. The van der Waals surface area contributed by atoms with Crippen LogP contribution >= 0.6 is 0 Å². The number of carbonyl (C=O) groups is 1. The van der Waals surface area contributed by atoms with Crippen molar-refractivity contribution in [1.82, 2.24) is 19.2 Å². The molecule has 0 bridgehead atoms. The van der Waals surface area contributed by atoms with Crippen molar-refractivity contribution in [3.05, 3.63) is 71.3 Å². The van der Waals surface area contributed by atoms with Gasteiger partial charge in [0.25, 0.3) is 0 Å². The summed E-state index contributed by atoms with van der Waals surface area (Å²) in [7, 11) is -3.89. The maximum absolute atomic E-state index is 13.4. The number of rotatable bonds is 11. The van der Waals surface area contributed by atoms with Crippen molar-refractivity contribution in [2.45, 2.75) is 39.0 Å². The van der Waals surface area contributed by atoms with Crippen LogP contribution in [0.3, 0.4) is 0 Å². The lowest BCUT2D eigenvalue weighted by atomic mass is 9.87. The zero-order chi connectivity index (χ0) is 26.1. The molecule has 0 unspecified atom stereocenters. The summed E-state index contributed by atoms with van der Waals surface area (Å²) in [5.41, 5.74) is 1.94. The molecule has 0 aliphatic carbocycles. The van der Waals surface area contributed by atoms with Crippen molar-refractivity contribution in [1.29, 1.82) is 0 Å². The van der Waals surface area contributed by atoms with Gasteiger partial charge in [0.15, 0.2) is 0 Å². The van der Waals surface area contributed by atoms with Gasteiger partial charge in [0.05, 0.1) is 0 Å². The predicted molar refractivity (Wildman–Crippen MR) is 137 cm³/mol. The number of piperazine rings is 1. The van der Waals surface area contributed by atoms with E-state index in [1.165, 1.54) is 28.6 Å². The lowest BCUT2D eigenvalue weighted by Crippen LogP contribution is -2.54. The highest BCUT2D eigenvalue weighted by atomic mass is 32.2. The average Bonchev–Trinajstić information content (AvgIpc) is 2.83. The van der Waals surface area contributed by atoms with Gasteiger partial charge < -0.3 is 10.2 Å². The van der Waals surface area contributed by atoms with Gasteiger partial charge in [-0.25, -0.2) is 18.3 Å². The SMILES string of the molecule is CC(C)CCNC(=O)NS(=O)(=O)N1CCN(CCCC(c2ccc(F)cc2)c2ccc(F)cc2)CC1. The second-order valence-corrected chi connectivity index (χ2v) is 11.3. The highest BCUT2D eigenvalue weighted by Crippen LogP contribution is 2.30. The Hall–Kier alpha value is -2.56. The molecule has 1 aliphatic rings. The molecule has 2 aromatic rings. The van der Waals surface area contributed by atoms with Crippen LogP contribution in [-0.2, 0) is 10.2 Å². The van der Waals surface area contributed by atoms with E-state index in [0.717, 1.165) is 36.9 Å². The standard InChI is InChI=1S/C26H36F2N4O3S/c1-20(2)13-14-29-26(33)30-36(34,35)32-18-16-31(17-19-32)15-3-4-25(21-5-9-23(27)10-6-21)22-7-11-24(28)12-8-22/h5-12,20,25H,3-4,13-19H2,1-2H3,(H2,29,30,33). The molecule has 0 saturated carbocycles. The van der Waals surface area contributed by atoms with Crippen LogP contribution in [0.4, 0.5) is 13.6 Å². The topological polar surface area (TPSA) is 81.8 Å². The molecule has 2 aromatic carbocycles. The number of halogens is 2. The van der Waals surface area contributed by atoms with Gasteiger partial charge in [-0.1, -0.05) is 38.1 Å². The normalized spacial score (nSPS) is 15.4. The van der Waals surface area contributed by atoms with Crippen LogP contribution in [-0.4, -0.2) is 62.9 Å². The third-order valence-corrected chi connectivity index (χ3v) is 7.90. The van der Waals surface area contributed by atoms with E-state index in [0.29, 0.717) is 38.6 Å². The van der Waals surface area contributed by atoms with Gasteiger partial charge in [-0.15, -0.1) is 0 Å². The summed E-state index contributed by atoms with van der Waals surface area (Å²) in [6.07, 6.45) is 2.39. The average molecular weight is 523 g/mol. The smallest absolute Gasteiger partial charge is 0.329 e. The number of urea groups is 1. The fraction of sp³-hybridized carbons (Fsp3) is 0.500. The largest absolute Gasteiger partial charge is 0.337 e. The first-order valence-electron chi connectivity index (χ1n) is 12.4. The summed E-state index contributed by atoms with van der Waals surface area (Å²) < 4.78 is 55.4. The quantitative estimate of drug-likeness (QED) is 0.466. The van der Waals surface area contributed by atoms with Crippen LogP contribution in [0.1, 0.15) is 50.2 Å². The molecule has 3 rings (SSSR count). The predicted octanol–water partition coefficient (Wildman–Crippen LogP) is 4.08. The summed E-state index contributed by atoms with van der Waals surface area (Å²) in [5, 5.41) is 2.58. The number of hydrogen-bond acceptors (Lipinski definition) is 4. The molecular formula is C26H36F2N4O3S. The van der Waals surface area contributed by atoms with Crippen molar-refractivity contribution < 1.29 is 22.0 Å². The van der Waals surface area contributed by atoms with Crippen LogP contribution in [0.15, 0.2) is 48.5 Å². The van der Waals surface area contributed by atoms with E-state index >= 15 is 0 Å². The van der Waals surface area contributed by atoms with Crippen LogP contribution in [0.25, 0.3) is 0 Å². The van der Waals surface area contributed by atoms with Gasteiger partial charge in [0.1, 0.15) is 11.6 Å². The summed E-state index contributed by atoms with van der Waals surface area (Å²) >= 11 is 0. The monoisotopic (exact) mass is 522 g/mol. The minimum absolute atomic E-state index is 0.00581. The maximum atomic E-state index is 13.4.